The molecule has 1 aromatic carbocycles. The number of rotatable bonds is 2. The third-order valence-electron chi connectivity index (χ3n) is 5.19. The molecule has 1 amide bonds. The molecule has 2 aromatic rings. The Labute approximate surface area is 132 Å². The van der Waals surface area contributed by atoms with Crippen molar-refractivity contribution in [3.63, 3.8) is 0 Å². The molecule has 1 aliphatic carbocycles. The number of imidazole rings is 1. The summed E-state index contributed by atoms with van der Waals surface area (Å²) < 4.78 is 27.2. The number of fused-ring (bicyclic) bond motifs is 1. The van der Waals surface area contributed by atoms with Gasteiger partial charge in [0.2, 0.25) is 5.91 Å². The van der Waals surface area contributed by atoms with E-state index in [1.54, 1.807) is 4.90 Å². The molecule has 0 bridgehead atoms. The van der Waals surface area contributed by atoms with Crippen molar-refractivity contribution < 1.29 is 13.6 Å². The van der Waals surface area contributed by atoms with Gasteiger partial charge in [0.15, 0.2) is 0 Å². The molecule has 6 heteroatoms. The summed E-state index contributed by atoms with van der Waals surface area (Å²) in [5.74, 6) is -4.59. The lowest BCUT2D eigenvalue weighted by Gasteiger charge is -2.34. The Hall–Kier alpha value is -1.98. The van der Waals surface area contributed by atoms with E-state index >= 15 is 0 Å². The van der Waals surface area contributed by atoms with Gasteiger partial charge in [0.25, 0.3) is 5.92 Å². The number of aromatic amines is 1. The second-order valence-electron chi connectivity index (χ2n) is 6.62. The highest BCUT2D eigenvalue weighted by molar-refractivity contribution is 5.84. The highest BCUT2D eigenvalue weighted by atomic mass is 19.3. The van der Waals surface area contributed by atoms with Gasteiger partial charge in [-0.3, -0.25) is 4.79 Å². The smallest absolute Gasteiger partial charge is 0.263 e. The molecule has 1 aliphatic heterocycles. The third-order valence-corrected chi connectivity index (χ3v) is 5.19. The molecule has 4 nitrogen and oxygen atoms in total. The van der Waals surface area contributed by atoms with Crippen LogP contribution in [-0.4, -0.2) is 33.2 Å². The highest BCUT2D eigenvalue weighted by Crippen LogP contribution is 2.56. The van der Waals surface area contributed by atoms with E-state index in [4.69, 9.17) is 0 Å². The number of piperidine rings is 1. The Morgan fingerprint density at radius 2 is 2.09 bits per heavy atom. The van der Waals surface area contributed by atoms with E-state index in [1.807, 2.05) is 24.3 Å². The quantitative estimate of drug-likeness (QED) is 0.921. The van der Waals surface area contributed by atoms with Crippen molar-refractivity contribution in [2.24, 2.45) is 11.8 Å². The number of H-pyrrole nitrogens is 1. The number of aromatic nitrogens is 2. The van der Waals surface area contributed by atoms with Gasteiger partial charge in [-0.25, -0.2) is 13.8 Å². The number of carbonyl (C=O) groups excluding carboxylic acids is 1. The molecule has 1 saturated carbocycles. The van der Waals surface area contributed by atoms with Gasteiger partial charge in [-0.15, -0.1) is 0 Å². The molecule has 1 N–H and O–H groups in total. The fourth-order valence-electron chi connectivity index (χ4n) is 3.65. The number of likely N-dealkylation sites (tertiary alicyclic amines) is 1. The Kier molecular flexibility index (Phi) is 3.18. The Morgan fingerprint density at radius 3 is 2.78 bits per heavy atom. The lowest BCUT2D eigenvalue weighted by molar-refractivity contribution is -0.139. The van der Waals surface area contributed by atoms with Crippen molar-refractivity contribution in [3.8, 4) is 0 Å². The lowest BCUT2D eigenvalue weighted by Crippen LogP contribution is -2.40. The predicted molar refractivity (Wildman–Crippen MR) is 82.0 cm³/mol. The monoisotopic (exact) mass is 319 g/mol. The van der Waals surface area contributed by atoms with Crippen molar-refractivity contribution in [2.45, 2.75) is 38.2 Å². The van der Waals surface area contributed by atoms with Crippen LogP contribution in [0.1, 0.15) is 38.1 Å². The number of alkyl halides is 2. The zero-order valence-electron chi connectivity index (χ0n) is 12.9. The number of carbonyl (C=O) groups is 1. The van der Waals surface area contributed by atoms with Crippen LogP contribution < -0.4 is 0 Å². The van der Waals surface area contributed by atoms with E-state index in [0.29, 0.717) is 12.4 Å². The first-order valence-corrected chi connectivity index (χ1v) is 8.13. The van der Waals surface area contributed by atoms with Gasteiger partial charge in [-0.1, -0.05) is 19.1 Å². The fraction of sp³-hybridized carbons (Fsp3) is 0.529. The Bertz CT molecular complexity index is 724. The molecule has 1 unspecified atom stereocenters. The van der Waals surface area contributed by atoms with Gasteiger partial charge >= 0.3 is 0 Å². The number of halogens is 2. The Morgan fingerprint density at radius 1 is 1.35 bits per heavy atom. The van der Waals surface area contributed by atoms with Crippen molar-refractivity contribution in [2.75, 3.05) is 6.54 Å². The fourth-order valence-corrected chi connectivity index (χ4v) is 3.65. The van der Waals surface area contributed by atoms with Crippen LogP contribution in [0.2, 0.25) is 0 Å². The summed E-state index contributed by atoms with van der Waals surface area (Å²) in [4.78, 5) is 22.0. The van der Waals surface area contributed by atoms with E-state index in [0.717, 1.165) is 30.3 Å². The van der Waals surface area contributed by atoms with E-state index in [9.17, 15) is 13.6 Å². The second kappa shape index (κ2) is 5.01. The summed E-state index contributed by atoms with van der Waals surface area (Å²) in [5.41, 5.74) is 1.75. The molecule has 0 spiro atoms. The summed E-state index contributed by atoms with van der Waals surface area (Å²) in [6.45, 7) is 1.97. The van der Waals surface area contributed by atoms with Gasteiger partial charge in [0.05, 0.1) is 17.1 Å². The van der Waals surface area contributed by atoms with E-state index in [1.165, 1.54) is 6.92 Å². The molecule has 2 aliphatic rings. The van der Waals surface area contributed by atoms with Crippen LogP contribution in [-0.2, 0) is 4.79 Å². The molecule has 0 radical (unpaired) electrons. The van der Waals surface area contributed by atoms with Gasteiger partial charge in [-0.05, 0) is 31.4 Å². The molecule has 23 heavy (non-hydrogen) atoms. The number of hydrogen-bond acceptors (Lipinski definition) is 2. The van der Waals surface area contributed by atoms with Crippen molar-refractivity contribution in [1.82, 2.24) is 14.9 Å². The number of para-hydroxylation sites is 2. The number of nitrogens with one attached hydrogen (secondary N) is 1. The first kappa shape index (κ1) is 14.6. The minimum absolute atomic E-state index is 0.229. The maximum atomic E-state index is 13.6. The van der Waals surface area contributed by atoms with Crippen LogP contribution in [0.25, 0.3) is 11.0 Å². The third kappa shape index (κ3) is 2.23. The largest absolute Gasteiger partial charge is 0.340 e. The van der Waals surface area contributed by atoms with Crippen LogP contribution in [0, 0.1) is 11.8 Å². The minimum atomic E-state index is -2.85. The second-order valence-corrected chi connectivity index (χ2v) is 6.62. The maximum Gasteiger partial charge on any atom is 0.263 e. The summed E-state index contributed by atoms with van der Waals surface area (Å²) in [6.07, 6.45) is 2.59. The van der Waals surface area contributed by atoms with Gasteiger partial charge in [0, 0.05) is 12.5 Å². The van der Waals surface area contributed by atoms with Crippen LogP contribution in [0.15, 0.2) is 24.3 Å². The van der Waals surface area contributed by atoms with Crippen molar-refractivity contribution in [3.05, 3.63) is 30.1 Å². The lowest BCUT2D eigenvalue weighted by atomic mass is 10.0. The average molecular weight is 319 g/mol. The standard InChI is InChI=1S/C17H19F2N3O/c1-10-14(17(10,18)19)16(23)22-9-5-4-8-13(22)15-20-11-6-2-3-7-12(11)21-15/h2-3,6-7,10,13-14H,4-5,8-9H2,1H3,(H,20,21)/t10-,13?,14+/m1/s1. The maximum absolute atomic E-state index is 13.6. The first-order valence-electron chi connectivity index (χ1n) is 8.13. The van der Waals surface area contributed by atoms with Crippen LogP contribution in [0.5, 0.6) is 0 Å². The summed E-state index contributed by atoms with van der Waals surface area (Å²) in [5, 5.41) is 0. The zero-order valence-corrected chi connectivity index (χ0v) is 12.9. The van der Waals surface area contributed by atoms with Crippen LogP contribution in [0.4, 0.5) is 8.78 Å². The number of benzene rings is 1. The van der Waals surface area contributed by atoms with Gasteiger partial charge in [-0.2, -0.15) is 0 Å². The zero-order chi connectivity index (χ0) is 16.2. The first-order chi connectivity index (χ1) is 11.0. The molecule has 1 saturated heterocycles. The number of hydrogen-bond donors (Lipinski definition) is 1. The number of amides is 1. The predicted octanol–water partition coefficient (Wildman–Crippen LogP) is 3.52. The van der Waals surface area contributed by atoms with Crippen molar-refractivity contribution >= 4 is 16.9 Å². The van der Waals surface area contributed by atoms with Crippen LogP contribution in [0.3, 0.4) is 0 Å². The summed E-state index contributed by atoms with van der Waals surface area (Å²) in [6, 6.07) is 7.43. The summed E-state index contributed by atoms with van der Waals surface area (Å²) in [7, 11) is 0. The molecular formula is C17H19F2N3O. The molecule has 2 fully saturated rings. The van der Waals surface area contributed by atoms with Crippen molar-refractivity contribution in [1.29, 1.82) is 0 Å². The molecule has 2 heterocycles. The topological polar surface area (TPSA) is 49.0 Å². The Balaban J connectivity index is 1.64. The molecule has 4 rings (SSSR count). The van der Waals surface area contributed by atoms with Gasteiger partial charge in [0.1, 0.15) is 11.7 Å². The minimum Gasteiger partial charge on any atom is -0.340 e. The molecule has 122 valence electrons. The van der Waals surface area contributed by atoms with Gasteiger partial charge < -0.3 is 9.88 Å². The highest BCUT2D eigenvalue weighted by Gasteiger charge is 2.70. The number of nitrogens with zero attached hydrogens (tertiary/aromatic N) is 2. The molecule has 3 atom stereocenters. The molecular weight excluding hydrogens is 300 g/mol. The van der Waals surface area contributed by atoms with E-state index in [-0.39, 0.29) is 6.04 Å². The van der Waals surface area contributed by atoms with E-state index < -0.39 is 23.7 Å². The average Bonchev–Trinajstić information content (AvgIpc) is 2.90. The van der Waals surface area contributed by atoms with E-state index in [2.05, 4.69) is 9.97 Å². The molecule has 1 aromatic heterocycles. The normalized spacial score (nSPS) is 29.7. The summed E-state index contributed by atoms with van der Waals surface area (Å²) >= 11 is 0. The van der Waals surface area contributed by atoms with Crippen LogP contribution >= 0.6 is 0 Å². The SMILES string of the molecule is C[C@@H]1[C@@H](C(=O)N2CCCCC2c2nc3ccccc3[nH]2)C1(F)F.